The van der Waals surface area contributed by atoms with E-state index in [2.05, 4.69) is 10.1 Å². The van der Waals surface area contributed by atoms with Crippen LogP contribution >= 0.6 is 11.6 Å². The molecular weight excluding hydrogens is 436 g/mol. The van der Waals surface area contributed by atoms with Gasteiger partial charge in [0.25, 0.3) is 0 Å². The lowest BCUT2D eigenvalue weighted by molar-refractivity contribution is -0.136. The number of ether oxygens (including phenoxy) is 1. The molecule has 0 aliphatic heterocycles. The molecule has 2 aromatic heterocycles. The minimum Gasteiger partial charge on any atom is -0.383 e. The number of amides is 1. The predicted octanol–water partition coefficient (Wildman–Crippen LogP) is 4.65. The van der Waals surface area contributed by atoms with E-state index >= 15 is 0 Å². The molecule has 0 unspecified atom stereocenters. The van der Waals surface area contributed by atoms with Crippen LogP contribution in [0.15, 0.2) is 73.1 Å². The van der Waals surface area contributed by atoms with Crippen molar-refractivity contribution in [1.29, 1.82) is 0 Å². The molecule has 0 saturated heterocycles. The lowest BCUT2D eigenvalue weighted by Crippen LogP contribution is -2.47. The molecule has 0 radical (unpaired) electrons. The van der Waals surface area contributed by atoms with Crippen LogP contribution in [0, 0.1) is 0 Å². The maximum atomic E-state index is 13.8. The molecule has 1 atom stereocenters. The molecule has 1 amide bonds. The summed E-state index contributed by atoms with van der Waals surface area (Å²) in [4.78, 5) is 20.1. The van der Waals surface area contributed by atoms with E-state index in [0.29, 0.717) is 30.2 Å². The summed E-state index contributed by atoms with van der Waals surface area (Å²) in [5.41, 5.74) is 3.54. The molecule has 4 rings (SSSR count). The second-order valence-corrected chi connectivity index (χ2v) is 8.78. The topological polar surface area (TPSA) is 59.7 Å². The van der Waals surface area contributed by atoms with Crippen LogP contribution in [0.5, 0.6) is 0 Å². The minimum absolute atomic E-state index is 0.000513. The van der Waals surface area contributed by atoms with E-state index in [0.717, 1.165) is 22.4 Å². The van der Waals surface area contributed by atoms with Gasteiger partial charge in [0.2, 0.25) is 5.91 Å². The number of hydrogen-bond donors (Lipinski definition) is 0. The lowest BCUT2D eigenvalue weighted by Gasteiger charge is -2.33. The summed E-state index contributed by atoms with van der Waals surface area (Å²) < 4.78 is 6.99. The molecule has 0 saturated carbocycles. The number of rotatable bonds is 8. The zero-order chi connectivity index (χ0) is 23.4. The van der Waals surface area contributed by atoms with Crippen LogP contribution in [-0.2, 0) is 21.4 Å². The summed E-state index contributed by atoms with van der Waals surface area (Å²) in [5, 5.41) is 5.33. The summed E-state index contributed by atoms with van der Waals surface area (Å²) in [6.07, 6.45) is 4.06. The van der Waals surface area contributed by atoms with E-state index in [4.69, 9.17) is 16.3 Å². The van der Waals surface area contributed by atoms with E-state index in [9.17, 15) is 4.79 Å². The fourth-order valence-electron chi connectivity index (χ4n) is 4.17. The zero-order valence-electron chi connectivity index (χ0n) is 19.0. The number of benzene rings is 2. The Morgan fingerprint density at radius 3 is 2.55 bits per heavy atom. The Labute approximate surface area is 198 Å². The van der Waals surface area contributed by atoms with E-state index in [1.807, 2.05) is 74.6 Å². The molecule has 7 heteroatoms. The first kappa shape index (κ1) is 23.0. The van der Waals surface area contributed by atoms with Gasteiger partial charge >= 0.3 is 0 Å². The highest BCUT2D eigenvalue weighted by molar-refractivity contribution is 6.30. The van der Waals surface area contributed by atoms with Crippen LogP contribution in [0.4, 0.5) is 0 Å². The average Bonchev–Trinajstić information content (AvgIpc) is 3.27. The maximum absolute atomic E-state index is 13.8. The number of carbonyl (C=O) groups is 1. The second-order valence-electron chi connectivity index (χ2n) is 8.34. The fourth-order valence-corrected chi connectivity index (χ4v) is 4.30. The van der Waals surface area contributed by atoms with Gasteiger partial charge in [-0.3, -0.25) is 4.79 Å². The van der Waals surface area contributed by atoms with Crippen molar-refractivity contribution in [2.45, 2.75) is 18.8 Å². The first-order valence-corrected chi connectivity index (χ1v) is 11.2. The maximum Gasteiger partial charge on any atom is 0.234 e. The third-order valence-electron chi connectivity index (χ3n) is 5.97. The van der Waals surface area contributed by atoms with Crippen LogP contribution in [0.2, 0.25) is 5.02 Å². The Balaban J connectivity index is 1.83. The Hall–Kier alpha value is -3.22. The van der Waals surface area contributed by atoms with Crippen molar-refractivity contribution in [3.05, 3.63) is 89.3 Å². The first-order chi connectivity index (χ1) is 15.9. The Morgan fingerprint density at radius 1 is 1.12 bits per heavy atom. The number of fused-ring (bicyclic) bond motifs is 1. The highest BCUT2D eigenvalue weighted by atomic mass is 35.5. The fraction of sp³-hybridized carbons (Fsp3) is 0.269. The lowest BCUT2D eigenvalue weighted by atomic mass is 9.78. The molecule has 4 aromatic rings. The number of nitrogens with zero attached hydrogens (tertiary/aromatic N) is 4. The number of aromatic nitrogens is 3. The zero-order valence-corrected chi connectivity index (χ0v) is 19.8. The van der Waals surface area contributed by atoms with Gasteiger partial charge < -0.3 is 9.64 Å². The molecule has 0 N–H and O–H groups in total. The van der Waals surface area contributed by atoms with Gasteiger partial charge in [-0.1, -0.05) is 54.1 Å². The number of carbonyl (C=O) groups excluding carboxylic acids is 1. The van der Waals surface area contributed by atoms with Gasteiger partial charge in [-0.25, -0.2) is 9.50 Å². The van der Waals surface area contributed by atoms with Crippen molar-refractivity contribution in [3.8, 4) is 11.1 Å². The second kappa shape index (κ2) is 9.73. The molecular formula is C26H27ClN4O2. The van der Waals surface area contributed by atoms with Gasteiger partial charge in [0.05, 0.1) is 23.9 Å². The third-order valence-corrected chi connectivity index (χ3v) is 6.22. The third kappa shape index (κ3) is 4.63. The number of likely N-dealkylation sites (N-methyl/N-ethyl adjacent to an activating group) is 1. The SMILES string of the molecule is COCCN(C)C(=O)[C@@](C)(Cc1ccccc1)c1ccnc2c(-c3ccc(Cl)cc3)cnn12. The largest absolute Gasteiger partial charge is 0.383 e. The molecule has 0 aliphatic carbocycles. The van der Waals surface area contributed by atoms with Crippen LogP contribution in [0.3, 0.4) is 0 Å². The van der Waals surface area contributed by atoms with Crippen LogP contribution in [0.1, 0.15) is 18.2 Å². The van der Waals surface area contributed by atoms with Crippen molar-refractivity contribution in [2.24, 2.45) is 0 Å². The number of halogens is 1. The average molecular weight is 463 g/mol. The monoisotopic (exact) mass is 462 g/mol. The van der Waals surface area contributed by atoms with E-state index in [1.165, 1.54) is 0 Å². The number of hydrogen-bond acceptors (Lipinski definition) is 4. The van der Waals surface area contributed by atoms with Crippen LogP contribution < -0.4 is 0 Å². The van der Waals surface area contributed by atoms with Gasteiger partial charge in [-0.2, -0.15) is 5.10 Å². The normalized spacial score (nSPS) is 13.1. The number of methoxy groups -OCH3 is 1. The first-order valence-electron chi connectivity index (χ1n) is 10.8. The Kier molecular flexibility index (Phi) is 6.77. The smallest absolute Gasteiger partial charge is 0.234 e. The molecule has 33 heavy (non-hydrogen) atoms. The van der Waals surface area contributed by atoms with Crippen molar-refractivity contribution in [3.63, 3.8) is 0 Å². The van der Waals surface area contributed by atoms with E-state index in [1.54, 1.807) is 28.9 Å². The summed E-state index contributed by atoms with van der Waals surface area (Å²) in [7, 11) is 3.45. The van der Waals surface area contributed by atoms with E-state index in [-0.39, 0.29) is 5.91 Å². The molecule has 0 fully saturated rings. The van der Waals surface area contributed by atoms with Gasteiger partial charge in [-0.15, -0.1) is 0 Å². The minimum atomic E-state index is -0.867. The molecule has 6 nitrogen and oxygen atoms in total. The van der Waals surface area contributed by atoms with Gasteiger partial charge in [0, 0.05) is 37.5 Å². The summed E-state index contributed by atoms with van der Waals surface area (Å²) >= 11 is 6.07. The Morgan fingerprint density at radius 2 is 1.85 bits per heavy atom. The van der Waals surface area contributed by atoms with Crippen LogP contribution in [0.25, 0.3) is 16.8 Å². The van der Waals surface area contributed by atoms with Crippen LogP contribution in [-0.4, -0.2) is 52.7 Å². The summed E-state index contributed by atoms with van der Waals surface area (Å²) in [5.74, 6) is -0.000513. The molecule has 0 aliphatic rings. The Bertz CT molecular complexity index is 1240. The van der Waals surface area contributed by atoms with E-state index < -0.39 is 5.41 Å². The highest BCUT2D eigenvalue weighted by Gasteiger charge is 2.40. The van der Waals surface area contributed by atoms with Gasteiger partial charge in [-0.05, 0) is 42.7 Å². The molecule has 170 valence electrons. The molecule has 0 bridgehead atoms. The van der Waals surface area contributed by atoms with Crippen molar-refractivity contribution < 1.29 is 9.53 Å². The van der Waals surface area contributed by atoms with Crippen molar-refractivity contribution in [1.82, 2.24) is 19.5 Å². The van der Waals surface area contributed by atoms with Gasteiger partial charge in [0.1, 0.15) is 0 Å². The summed E-state index contributed by atoms with van der Waals surface area (Å²) in [6.45, 7) is 2.95. The standard InChI is InChI=1S/C26H27ClN4O2/c1-26(17-19-7-5-4-6-8-19,25(32)30(2)15-16-33-3)23-13-14-28-24-22(18-29-31(23)24)20-9-11-21(27)12-10-20/h4-14,18H,15-17H2,1-3H3/t26-/m0/s1. The van der Waals surface area contributed by atoms with Gasteiger partial charge in [0.15, 0.2) is 5.65 Å². The molecule has 2 heterocycles. The quantitative estimate of drug-likeness (QED) is 0.382. The highest BCUT2D eigenvalue weighted by Crippen LogP contribution is 2.33. The predicted molar refractivity (Wildman–Crippen MR) is 130 cm³/mol. The van der Waals surface area contributed by atoms with Crippen molar-refractivity contribution >= 4 is 23.2 Å². The summed E-state index contributed by atoms with van der Waals surface area (Å²) in [6, 6.07) is 19.5. The molecule has 0 spiro atoms. The molecule has 2 aromatic carbocycles. The van der Waals surface area contributed by atoms with Crippen molar-refractivity contribution in [2.75, 3.05) is 27.3 Å².